The van der Waals surface area contributed by atoms with Crippen LogP contribution in [-0.4, -0.2) is 27.3 Å². The van der Waals surface area contributed by atoms with Crippen molar-refractivity contribution < 1.29 is 9.53 Å². The van der Waals surface area contributed by atoms with Crippen LogP contribution in [0, 0.1) is 6.92 Å². The van der Waals surface area contributed by atoms with E-state index in [2.05, 4.69) is 5.32 Å². The molecule has 1 atom stereocenters. The molecule has 0 fully saturated rings. The van der Waals surface area contributed by atoms with E-state index in [0.717, 1.165) is 17.0 Å². The molecule has 1 unspecified atom stereocenters. The van der Waals surface area contributed by atoms with Gasteiger partial charge in [0.05, 0.1) is 28.4 Å². The zero-order valence-corrected chi connectivity index (χ0v) is 19.6. The molecule has 3 aromatic carbocycles. The van der Waals surface area contributed by atoms with Crippen LogP contribution in [0.3, 0.4) is 0 Å². The number of thioether (sulfide) groups is 1. The first-order valence-corrected chi connectivity index (χ1v) is 11.6. The van der Waals surface area contributed by atoms with E-state index in [1.165, 1.54) is 11.8 Å². The third kappa shape index (κ3) is 4.93. The number of carbonyl (C=O) groups excluding carboxylic acids is 1. The highest BCUT2D eigenvalue weighted by Gasteiger charge is 2.21. The second kappa shape index (κ2) is 9.92. The van der Waals surface area contributed by atoms with Crippen molar-refractivity contribution in [3.8, 4) is 11.4 Å². The lowest BCUT2D eigenvalue weighted by molar-refractivity contribution is -0.115. The number of amides is 1. The van der Waals surface area contributed by atoms with E-state index in [4.69, 9.17) is 9.72 Å². The Balaban J connectivity index is 1.71. The molecule has 0 saturated heterocycles. The molecule has 1 amide bonds. The predicted molar refractivity (Wildman–Crippen MR) is 134 cm³/mol. The number of para-hydroxylation sites is 2. The van der Waals surface area contributed by atoms with Crippen molar-refractivity contribution in [1.82, 2.24) is 9.55 Å². The highest BCUT2D eigenvalue weighted by atomic mass is 32.2. The Hall–Kier alpha value is -3.58. The van der Waals surface area contributed by atoms with Gasteiger partial charge in [-0.25, -0.2) is 4.98 Å². The summed E-state index contributed by atoms with van der Waals surface area (Å²) in [6.07, 6.45) is 0. The minimum atomic E-state index is -0.480. The van der Waals surface area contributed by atoms with Crippen molar-refractivity contribution in [3.05, 3.63) is 88.7 Å². The largest absolute Gasteiger partial charge is 0.494 e. The molecule has 7 heteroatoms. The first-order chi connectivity index (χ1) is 16.0. The standard InChI is InChI=1S/C26H25N3O3S/c1-4-32-20-15-13-19(14-16-20)29-25(31)21-10-6-8-12-23(21)28-26(29)33-18(3)24(30)27-22-11-7-5-9-17(22)2/h5-16,18H,4H2,1-3H3,(H,27,30). The maximum atomic E-state index is 13.4. The number of aryl methyl sites for hydroxylation is 1. The van der Waals surface area contributed by atoms with E-state index >= 15 is 0 Å². The van der Waals surface area contributed by atoms with Crippen LogP contribution >= 0.6 is 11.8 Å². The first-order valence-electron chi connectivity index (χ1n) is 10.8. The van der Waals surface area contributed by atoms with Crippen LogP contribution in [0.5, 0.6) is 5.75 Å². The topological polar surface area (TPSA) is 73.2 Å². The van der Waals surface area contributed by atoms with Crippen molar-refractivity contribution >= 4 is 34.3 Å². The highest BCUT2D eigenvalue weighted by molar-refractivity contribution is 8.00. The Labute approximate surface area is 196 Å². The van der Waals surface area contributed by atoms with Crippen molar-refractivity contribution in [1.29, 1.82) is 0 Å². The Bertz CT molecular complexity index is 1350. The van der Waals surface area contributed by atoms with Crippen LogP contribution in [0.15, 0.2) is 82.7 Å². The molecule has 4 rings (SSSR count). The fourth-order valence-electron chi connectivity index (χ4n) is 3.44. The molecule has 1 heterocycles. The predicted octanol–water partition coefficient (Wildman–Crippen LogP) is 5.21. The van der Waals surface area contributed by atoms with Gasteiger partial charge in [-0.2, -0.15) is 0 Å². The molecule has 4 aromatic rings. The summed E-state index contributed by atoms with van der Waals surface area (Å²) in [6.45, 7) is 6.24. The number of nitrogens with one attached hydrogen (secondary N) is 1. The first kappa shape index (κ1) is 22.6. The van der Waals surface area contributed by atoms with Crippen LogP contribution < -0.4 is 15.6 Å². The maximum absolute atomic E-state index is 13.4. The van der Waals surface area contributed by atoms with Gasteiger partial charge in [-0.3, -0.25) is 14.2 Å². The van der Waals surface area contributed by atoms with Gasteiger partial charge in [0.15, 0.2) is 5.16 Å². The van der Waals surface area contributed by atoms with Gasteiger partial charge in [0.25, 0.3) is 5.56 Å². The summed E-state index contributed by atoms with van der Waals surface area (Å²) in [5.41, 5.74) is 2.83. The highest BCUT2D eigenvalue weighted by Crippen LogP contribution is 2.27. The van der Waals surface area contributed by atoms with Crippen LogP contribution in [-0.2, 0) is 4.79 Å². The molecule has 0 aliphatic rings. The normalized spacial score (nSPS) is 11.8. The van der Waals surface area contributed by atoms with E-state index in [1.54, 1.807) is 16.7 Å². The van der Waals surface area contributed by atoms with Crippen molar-refractivity contribution in [2.45, 2.75) is 31.2 Å². The summed E-state index contributed by atoms with van der Waals surface area (Å²) in [4.78, 5) is 31.1. The zero-order chi connectivity index (χ0) is 23.4. The molecule has 33 heavy (non-hydrogen) atoms. The average Bonchev–Trinajstić information content (AvgIpc) is 2.82. The number of hydrogen-bond donors (Lipinski definition) is 1. The summed E-state index contributed by atoms with van der Waals surface area (Å²) in [5, 5.41) is 3.47. The second-order valence-electron chi connectivity index (χ2n) is 7.54. The SMILES string of the molecule is CCOc1ccc(-n2c(SC(C)C(=O)Nc3ccccc3C)nc3ccccc3c2=O)cc1. The molecular formula is C26H25N3O3S. The van der Waals surface area contributed by atoms with E-state index in [-0.39, 0.29) is 11.5 Å². The third-order valence-corrected chi connectivity index (χ3v) is 6.26. The lowest BCUT2D eigenvalue weighted by Crippen LogP contribution is -2.26. The van der Waals surface area contributed by atoms with E-state index < -0.39 is 5.25 Å². The van der Waals surface area contributed by atoms with E-state index in [1.807, 2.05) is 81.4 Å². The van der Waals surface area contributed by atoms with Gasteiger partial charge >= 0.3 is 0 Å². The number of rotatable bonds is 7. The monoisotopic (exact) mass is 459 g/mol. The smallest absolute Gasteiger partial charge is 0.266 e. The molecule has 0 bridgehead atoms. The van der Waals surface area contributed by atoms with Gasteiger partial charge in [-0.1, -0.05) is 42.1 Å². The number of aromatic nitrogens is 2. The van der Waals surface area contributed by atoms with Crippen LogP contribution in [0.1, 0.15) is 19.4 Å². The minimum Gasteiger partial charge on any atom is -0.494 e. The summed E-state index contributed by atoms with van der Waals surface area (Å²) in [5.74, 6) is 0.568. The maximum Gasteiger partial charge on any atom is 0.266 e. The Morgan fingerprint density at radius 2 is 1.76 bits per heavy atom. The molecule has 0 saturated carbocycles. The molecule has 0 aliphatic heterocycles. The fraction of sp³-hybridized carbons (Fsp3) is 0.192. The molecule has 1 N–H and O–H groups in total. The van der Waals surface area contributed by atoms with Gasteiger partial charge in [0.1, 0.15) is 5.75 Å². The van der Waals surface area contributed by atoms with Gasteiger partial charge in [0.2, 0.25) is 5.91 Å². The van der Waals surface area contributed by atoms with Crippen LogP contribution in [0.25, 0.3) is 16.6 Å². The molecule has 0 aliphatic carbocycles. The second-order valence-corrected chi connectivity index (χ2v) is 8.85. The summed E-state index contributed by atoms with van der Waals surface area (Å²) < 4.78 is 7.08. The quantitative estimate of drug-likeness (QED) is 0.303. The number of hydrogen-bond acceptors (Lipinski definition) is 5. The van der Waals surface area contributed by atoms with E-state index in [9.17, 15) is 9.59 Å². The number of benzene rings is 3. The Morgan fingerprint density at radius 3 is 2.48 bits per heavy atom. The van der Waals surface area contributed by atoms with Gasteiger partial charge < -0.3 is 10.1 Å². The molecule has 6 nitrogen and oxygen atoms in total. The zero-order valence-electron chi connectivity index (χ0n) is 18.7. The van der Waals surface area contributed by atoms with Gasteiger partial charge in [-0.05, 0) is 68.8 Å². The molecule has 168 valence electrons. The third-order valence-electron chi connectivity index (χ3n) is 5.21. The van der Waals surface area contributed by atoms with Gasteiger partial charge in [-0.15, -0.1) is 0 Å². The molecule has 0 radical (unpaired) electrons. The number of carbonyl (C=O) groups is 1. The minimum absolute atomic E-state index is 0.157. The molecule has 0 spiro atoms. The lowest BCUT2D eigenvalue weighted by Gasteiger charge is -2.17. The Kier molecular flexibility index (Phi) is 6.79. The van der Waals surface area contributed by atoms with Crippen molar-refractivity contribution in [3.63, 3.8) is 0 Å². The Morgan fingerprint density at radius 1 is 1.06 bits per heavy atom. The van der Waals surface area contributed by atoms with E-state index in [0.29, 0.717) is 28.4 Å². The molecular weight excluding hydrogens is 434 g/mol. The summed E-state index contributed by atoms with van der Waals surface area (Å²) in [6, 6.07) is 22.2. The van der Waals surface area contributed by atoms with Crippen LogP contribution in [0.2, 0.25) is 0 Å². The number of anilines is 1. The number of nitrogens with zero attached hydrogens (tertiary/aromatic N) is 2. The van der Waals surface area contributed by atoms with Crippen LogP contribution in [0.4, 0.5) is 5.69 Å². The molecule has 1 aromatic heterocycles. The summed E-state index contributed by atoms with van der Waals surface area (Å²) in [7, 11) is 0. The average molecular weight is 460 g/mol. The van der Waals surface area contributed by atoms with Gasteiger partial charge in [0, 0.05) is 5.69 Å². The van der Waals surface area contributed by atoms with Crippen molar-refractivity contribution in [2.24, 2.45) is 0 Å². The summed E-state index contributed by atoms with van der Waals surface area (Å²) >= 11 is 1.25. The number of ether oxygens (including phenoxy) is 1. The van der Waals surface area contributed by atoms with Crippen molar-refractivity contribution in [2.75, 3.05) is 11.9 Å². The lowest BCUT2D eigenvalue weighted by atomic mass is 10.2. The number of fused-ring (bicyclic) bond motifs is 1. The fourth-order valence-corrected chi connectivity index (χ4v) is 4.36.